The van der Waals surface area contributed by atoms with Crippen LogP contribution < -0.4 is 5.32 Å². The molecule has 1 N–H and O–H groups in total. The maximum absolute atomic E-state index is 5.49. The molecule has 1 aromatic rings. The van der Waals surface area contributed by atoms with Crippen LogP contribution in [-0.4, -0.2) is 28.6 Å². The van der Waals surface area contributed by atoms with E-state index in [4.69, 9.17) is 4.74 Å². The Morgan fingerprint density at radius 1 is 1.64 bits per heavy atom. The van der Waals surface area contributed by atoms with E-state index in [1.54, 1.807) is 0 Å². The van der Waals surface area contributed by atoms with Gasteiger partial charge < -0.3 is 10.1 Å². The molecule has 0 aliphatic carbocycles. The van der Waals surface area contributed by atoms with Gasteiger partial charge in [0.1, 0.15) is 5.82 Å². The summed E-state index contributed by atoms with van der Waals surface area (Å²) in [6.07, 6.45) is 1.52. The Bertz CT molecular complexity index is 302. The third-order valence-electron chi connectivity index (χ3n) is 2.58. The first-order chi connectivity index (χ1) is 6.75. The van der Waals surface area contributed by atoms with Gasteiger partial charge in [0.25, 0.3) is 0 Å². The molecule has 0 saturated carbocycles. The lowest BCUT2D eigenvalue weighted by Gasteiger charge is -2.13. The fourth-order valence-corrected chi connectivity index (χ4v) is 2.21. The van der Waals surface area contributed by atoms with E-state index in [-0.39, 0.29) is 0 Å². The zero-order valence-corrected chi connectivity index (χ0v) is 9.30. The third kappa shape index (κ3) is 2.22. The van der Waals surface area contributed by atoms with Gasteiger partial charge in [-0.05, 0) is 20.3 Å². The Balaban J connectivity index is 1.82. The molecular weight excluding hydrogens is 198 g/mol. The molecule has 14 heavy (non-hydrogen) atoms. The molecule has 1 aliphatic rings. The van der Waals surface area contributed by atoms with E-state index in [1.165, 1.54) is 11.5 Å². The van der Waals surface area contributed by atoms with Gasteiger partial charge in [-0.25, -0.2) is 4.98 Å². The fourth-order valence-electron chi connectivity index (χ4n) is 1.63. The number of hydrogen-bond donors (Lipinski definition) is 1. The van der Waals surface area contributed by atoms with Crippen molar-refractivity contribution in [3.63, 3.8) is 0 Å². The molecule has 0 amide bonds. The van der Waals surface area contributed by atoms with Gasteiger partial charge in [0.2, 0.25) is 5.13 Å². The van der Waals surface area contributed by atoms with Gasteiger partial charge >= 0.3 is 0 Å². The summed E-state index contributed by atoms with van der Waals surface area (Å²) in [7, 11) is 0. The van der Waals surface area contributed by atoms with E-state index in [1.807, 2.05) is 6.92 Å². The largest absolute Gasteiger partial charge is 0.378 e. The number of ether oxygens (including phenoxy) is 1. The quantitative estimate of drug-likeness (QED) is 0.830. The number of rotatable bonds is 3. The second-order valence-electron chi connectivity index (χ2n) is 3.65. The molecule has 0 aromatic carbocycles. The molecule has 0 bridgehead atoms. The van der Waals surface area contributed by atoms with E-state index in [0.717, 1.165) is 30.5 Å². The second-order valence-corrected chi connectivity index (χ2v) is 4.40. The third-order valence-corrected chi connectivity index (χ3v) is 3.34. The molecule has 2 rings (SSSR count). The molecule has 2 atom stereocenters. The molecule has 1 fully saturated rings. The molecular formula is C9H15N3OS. The number of hydrogen-bond acceptors (Lipinski definition) is 5. The molecule has 2 unspecified atom stereocenters. The Morgan fingerprint density at radius 2 is 2.50 bits per heavy atom. The zero-order chi connectivity index (χ0) is 9.97. The number of anilines is 1. The first kappa shape index (κ1) is 9.86. The monoisotopic (exact) mass is 213 g/mol. The van der Waals surface area contributed by atoms with Gasteiger partial charge in [0.15, 0.2) is 0 Å². The van der Waals surface area contributed by atoms with Gasteiger partial charge in [-0.1, -0.05) is 0 Å². The average Bonchev–Trinajstić information content (AvgIpc) is 2.72. The Hall–Kier alpha value is -0.680. The van der Waals surface area contributed by atoms with E-state index in [2.05, 4.69) is 21.6 Å². The summed E-state index contributed by atoms with van der Waals surface area (Å²) < 4.78 is 9.60. The van der Waals surface area contributed by atoms with Crippen molar-refractivity contribution in [3.05, 3.63) is 5.82 Å². The number of aryl methyl sites for hydroxylation is 1. The van der Waals surface area contributed by atoms with Crippen molar-refractivity contribution in [2.45, 2.75) is 26.4 Å². The second kappa shape index (κ2) is 4.23. The summed E-state index contributed by atoms with van der Waals surface area (Å²) in [5.74, 6) is 1.45. The first-order valence-electron chi connectivity index (χ1n) is 4.91. The smallest absolute Gasteiger partial charge is 0.202 e. The van der Waals surface area contributed by atoms with Crippen molar-refractivity contribution in [3.8, 4) is 0 Å². The standard InChI is InChI=1S/C9H15N3OS/c1-6-8(3-4-13-6)5-10-9-11-7(2)12-14-9/h6,8H,3-5H2,1-2H3,(H,10,11,12). The minimum atomic E-state index is 0.372. The summed E-state index contributed by atoms with van der Waals surface area (Å²) >= 11 is 1.42. The Kier molecular flexibility index (Phi) is 2.98. The van der Waals surface area contributed by atoms with Crippen molar-refractivity contribution in [1.82, 2.24) is 9.36 Å². The SMILES string of the molecule is Cc1nsc(NCC2CCOC2C)n1. The molecule has 0 radical (unpaired) electrons. The van der Waals surface area contributed by atoms with Crippen LogP contribution in [0.5, 0.6) is 0 Å². The van der Waals surface area contributed by atoms with Crippen LogP contribution in [0.15, 0.2) is 0 Å². The van der Waals surface area contributed by atoms with Crippen molar-refractivity contribution < 1.29 is 4.74 Å². The lowest BCUT2D eigenvalue weighted by atomic mass is 10.0. The molecule has 4 nitrogen and oxygen atoms in total. The summed E-state index contributed by atoms with van der Waals surface area (Å²) in [6, 6.07) is 0. The van der Waals surface area contributed by atoms with Gasteiger partial charge in [0, 0.05) is 30.6 Å². The lowest BCUT2D eigenvalue weighted by molar-refractivity contribution is 0.108. The summed E-state index contributed by atoms with van der Waals surface area (Å²) in [5.41, 5.74) is 0. The maximum atomic E-state index is 5.49. The average molecular weight is 213 g/mol. The molecule has 78 valence electrons. The molecule has 5 heteroatoms. The minimum absolute atomic E-state index is 0.372. The van der Waals surface area contributed by atoms with Crippen LogP contribution in [0, 0.1) is 12.8 Å². The van der Waals surface area contributed by atoms with E-state index >= 15 is 0 Å². The van der Waals surface area contributed by atoms with Crippen LogP contribution >= 0.6 is 11.5 Å². The zero-order valence-electron chi connectivity index (χ0n) is 8.49. The van der Waals surface area contributed by atoms with Crippen LogP contribution in [0.4, 0.5) is 5.13 Å². The number of nitrogens with one attached hydrogen (secondary N) is 1. The van der Waals surface area contributed by atoms with E-state index in [9.17, 15) is 0 Å². The predicted molar refractivity (Wildman–Crippen MR) is 56.7 cm³/mol. The maximum Gasteiger partial charge on any atom is 0.202 e. The Morgan fingerprint density at radius 3 is 3.07 bits per heavy atom. The van der Waals surface area contributed by atoms with Crippen LogP contribution in [0.25, 0.3) is 0 Å². The molecule has 1 aliphatic heterocycles. The van der Waals surface area contributed by atoms with Crippen LogP contribution in [0.2, 0.25) is 0 Å². The number of aromatic nitrogens is 2. The molecule has 0 spiro atoms. The van der Waals surface area contributed by atoms with Crippen LogP contribution in [0.3, 0.4) is 0 Å². The fraction of sp³-hybridized carbons (Fsp3) is 0.778. The number of nitrogens with zero attached hydrogens (tertiary/aromatic N) is 2. The predicted octanol–water partition coefficient (Wildman–Crippen LogP) is 1.68. The van der Waals surface area contributed by atoms with Gasteiger partial charge in [-0.15, -0.1) is 0 Å². The highest BCUT2D eigenvalue weighted by molar-refractivity contribution is 7.09. The summed E-state index contributed by atoms with van der Waals surface area (Å²) in [4.78, 5) is 4.25. The lowest BCUT2D eigenvalue weighted by Crippen LogP contribution is -2.20. The molecule has 2 heterocycles. The van der Waals surface area contributed by atoms with Gasteiger partial charge in [-0.3, -0.25) is 0 Å². The minimum Gasteiger partial charge on any atom is -0.378 e. The van der Waals surface area contributed by atoms with E-state index < -0.39 is 0 Å². The highest BCUT2D eigenvalue weighted by atomic mass is 32.1. The van der Waals surface area contributed by atoms with Gasteiger partial charge in [-0.2, -0.15) is 4.37 Å². The van der Waals surface area contributed by atoms with Gasteiger partial charge in [0.05, 0.1) is 6.10 Å². The normalized spacial score (nSPS) is 26.7. The first-order valence-corrected chi connectivity index (χ1v) is 5.69. The highest BCUT2D eigenvalue weighted by Crippen LogP contribution is 2.21. The van der Waals surface area contributed by atoms with Crippen molar-refractivity contribution >= 4 is 16.7 Å². The van der Waals surface area contributed by atoms with Crippen LogP contribution in [-0.2, 0) is 4.74 Å². The Labute approximate surface area is 87.9 Å². The van der Waals surface area contributed by atoms with Crippen molar-refractivity contribution in [2.24, 2.45) is 5.92 Å². The topological polar surface area (TPSA) is 47.0 Å². The molecule has 1 saturated heterocycles. The van der Waals surface area contributed by atoms with E-state index in [0.29, 0.717) is 12.0 Å². The highest BCUT2D eigenvalue weighted by Gasteiger charge is 2.23. The summed E-state index contributed by atoms with van der Waals surface area (Å²) in [5, 5.41) is 4.22. The van der Waals surface area contributed by atoms with Crippen LogP contribution in [0.1, 0.15) is 19.2 Å². The summed E-state index contributed by atoms with van der Waals surface area (Å²) in [6.45, 7) is 5.87. The van der Waals surface area contributed by atoms with Crippen molar-refractivity contribution in [1.29, 1.82) is 0 Å². The molecule has 1 aromatic heterocycles. The van der Waals surface area contributed by atoms with Crippen molar-refractivity contribution in [2.75, 3.05) is 18.5 Å².